The highest BCUT2D eigenvalue weighted by atomic mass is 79.9. The van der Waals surface area contributed by atoms with E-state index in [-0.39, 0.29) is 5.82 Å². The van der Waals surface area contributed by atoms with Gasteiger partial charge in [-0.05, 0) is 34.1 Å². The van der Waals surface area contributed by atoms with Crippen molar-refractivity contribution in [2.24, 2.45) is 5.73 Å². The summed E-state index contributed by atoms with van der Waals surface area (Å²) in [5.41, 5.74) is 6.62. The highest BCUT2D eigenvalue weighted by Crippen LogP contribution is 2.28. The second-order valence-electron chi connectivity index (χ2n) is 2.97. The predicted molar refractivity (Wildman–Crippen MR) is 57.5 cm³/mol. The molecular weight excluding hydrogens is 263 g/mol. The van der Waals surface area contributed by atoms with Gasteiger partial charge in [0, 0.05) is 11.0 Å². The van der Waals surface area contributed by atoms with Gasteiger partial charge in [0.05, 0.1) is 11.3 Å². The average molecular weight is 271 g/mol. The minimum absolute atomic E-state index is 0.302. The zero-order chi connectivity index (χ0) is 10.8. The van der Waals surface area contributed by atoms with Crippen LogP contribution in [0.15, 0.2) is 33.4 Å². The van der Waals surface area contributed by atoms with Crippen LogP contribution in [0.1, 0.15) is 5.69 Å². The first-order valence-electron chi connectivity index (χ1n) is 4.30. The number of rotatable bonds is 2. The van der Waals surface area contributed by atoms with Gasteiger partial charge in [-0.2, -0.15) is 0 Å². The van der Waals surface area contributed by atoms with Crippen LogP contribution in [0.4, 0.5) is 4.39 Å². The van der Waals surface area contributed by atoms with Crippen LogP contribution in [0.5, 0.6) is 0 Å². The third-order valence-corrected chi connectivity index (χ3v) is 2.61. The summed E-state index contributed by atoms with van der Waals surface area (Å²) in [6.45, 7) is 0.302. The Hall–Kier alpha value is -1.20. The van der Waals surface area contributed by atoms with Crippen LogP contribution in [0.3, 0.4) is 0 Å². The molecule has 0 radical (unpaired) electrons. The van der Waals surface area contributed by atoms with Crippen LogP contribution in [0.2, 0.25) is 0 Å². The first-order chi connectivity index (χ1) is 7.20. The number of nitrogens with two attached hydrogens (primary N) is 1. The molecule has 0 unspecified atom stereocenters. The lowest BCUT2D eigenvalue weighted by Crippen LogP contribution is -1.95. The maximum atomic E-state index is 13.0. The molecule has 0 bridgehead atoms. The maximum absolute atomic E-state index is 13.0. The first kappa shape index (κ1) is 10.3. The molecule has 0 amide bonds. The van der Waals surface area contributed by atoms with Gasteiger partial charge in [0.15, 0.2) is 0 Å². The van der Waals surface area contributed by atoms with Crippen molar-refractivity contribution in [3.8, 4) is 11.5 Å². The van der Waals surface area contributed by atoms with Gasteiger partial charge < -0.3 is 10.2 Å². The van der Waals surface area contributed by atoms with E-state index in [9.17, 15) is 4.39 Å². The fourth-order valence-electron chi connectivity index (χ4n) is 1.19. The Labute approximate surface area is 94.2 Å². The van der Waals surface area contributed by atoms with Crippen molar-refractivity contribution in [1.82, 2.24) is 4.98 Å². The van der Waals surface area contributed by atoms with E-state index >= 15 is 0 Å². The summed E-state index contributed by atoms with van der Waals surface area (Å²) in [5, 5.41) is 0. The van der Waals surface area contributed by atoms with E-state index in [1.54, 1.807) is 6.07 Å². The highest BCUT2D eigenvalue weighted by Gasteiger charge is 2.10. The number of oxazole rings is 1. The molecule has 0 aliphatic rings. The van der Waals surface area contributed by atoms with Crippen LogP contribution in [-0.4, -0.2) is 4.98 Å². The SMILES string of the molecule is NCc1coc(-c2cc(F)ccc2Br)n1. The van der Waals surface area contributed by atoms with Crippen molar-refractivity contribution >= 4 is 15.9 Å². The van der Waals surface area contributed by atoms with Crippen LogP contribution >= 0.6 is 15.9 Å². The van der Waals surface area contributed by atoms with E-state index < -0.39 is 0 Å². The van der Waals surface area contributed by atoms with Gasteiger partial charge in [0.25, 0.3) is 0 Å². The number of aromatic nitrogens is 1. The lowest BCUT2D eigenvalue weighted by atomic mass is 10.2. The molecular formula is C10H8BrFN2O. The van der Waals surface area contributed by atoms with E-state index in [1.165, 1.54) is 18.4 Å². The summed E-state index contributed by atoms with van der Waals surface area (Å²) in [6, 6.07) is 4.33. The molecule has 0 spiro atoms. The molecule has 0 atom stereocenters. The third kappa shape index (κ3) is 2.08. The minimum Gasteiger partial charge on any atom is -0.444 e. The van der Waals surface area contributed by atoms with E-state index in [0.29, 0.717) is 23.7 Å². The van der Waals surface area contributed by atoms with E-state index in [2.05, 4.69) is 20.9 Å². The maximum Gasteiger partial charge on any atom is 0.227 e. The standard InChI is InChI=1S/C10H8BrFN2O/c11-9-2-1-6(12)3-8(9)10-14-7(4-13)5-15-10/h1-3,5H,4,13H2. The lowest BCUT2D eigenvalue weighted by molar-refractivity contribution is 0.570. The molecule has 2 aromatic rings. The van der Waals surface area contributed by atoms with E-state index in [4.69, 9.17) is 10.2 Å². The molecule has 3 nitrogen and oxygen atoms in total. The fraction of sp³-hybridized carbons (Fsp3) is 0.100. The van der Waals surface area contributed by atoms with Crippen molar-refractivity contribution in [1.29, 1.82) is 0 Å². The average Bonchev–Trinajstić information content (AvgIpc) is 2.70. The second kappa shape index (κ2) is 4.12. The summed E-state index contributed by atoms with van der Waals surface area (Å²) in [4.78, 5) is 4.11. The van der Waals surface area contributed by atoms with Gasteiger partial charge in [-0.15, -0.1) is 0 Å². The van der Waals surface area contributed by atoms with Gasteiger partial charge in [-0.1, -0.05) is 0 Å². The molecule has 0 aliphatic carbocycles. The molecule has 1 heterocycles. The largest absolute Gasteiger partial charge is 0.444 e. The Kier molecular flexibility index (Phi) is 2.83. The van der Waals surface area contributed by atoms with Crippen LogP contribution in [0, 0.1) is 5.82 Å². The monoisotopic (exact) mass is 270 g/mol. The Morgan fingerprint density at radius 1 is 1.47 bits per heavy atom. The molecule has 5 heteroatoms. The Morgan fingerprint density at radius 3 is 2.93 bits per heavy atom. The van der Waals surface area contributed by atoms with E-state index in [0.717, 1.165) is 4.47 Å². The van der Waals surface area contributed by atoms with Crippen LogP contribution in [-0.2, 0) is 6.54 Å². The quantitative estimate of drug-likeness (QED) is 0.913. The van der Waals surface area contributed by atoms with Crippen molar-refractivity contribution in [3.63, 3.8) is 0 Å². The van der Waals surface area contributed by atoms with E-state index in [1.807, 2.05) is 0 Å². The smallest absolute Gasteiger partial charge is 0.227 e. The van der Waals surface area contributed by atoms with Crippen molar-refractivity contribution in [2.75, 3.05) is 0 Å². The molecule has 0 saturated heterocycles. The molecule has 2 rings (SSSR count). The highest BCUT2D eigenvalue weighted by molar-refractivity contribution is 9.10. The van der Waals surface area contributed by atoms with Crippen LogP contribution < -0.4 is 5.73 Å². The Morgan fingerprint density at radius 2 is 2.27 bits per heavy atom. The van der Waals surface area contributed by atoms with Gasteiger partial charge in [0.2, 0.25) is 5.89 Å². The third-order valence-electron chi connectivity index (χ3n) is 1.92. The molecule has 1 aromatic carbocycles. The number of halogens is 2. The number of hydrogen-bond acceptors (Lipinski definition) is 3. The molecule has 2 N–H and O–H groups in total. The zero-order valence-corrected chi connectivity index (χ0v) is 9.29. The summed E-state index contributed by atoms with van der Waals surface area (Å²) in [7, 11) is 0. The summed E-state index contributed by atoms with van der Waals surface area (Å²) in [5.74, 6) is 0.0301. The number of hydrogen-bond donors (Lipinski definition) is 1. The Balaban J connectivity index is 2.48. The van der Waals surface area contributed by atoms with Crippen molar-refractivity contribution in [2.45, 2.75) is 6.54 Å². The molecule has 0 aliphatic heterocycles. The van der Waals surface area contributed by atoms with Gasteiger partial charge in [-0.25, -0.2) is 9.37 Å². The predicted octanol–water partition coefficient (Wildman–Crippen LogP) is 2.70. The summed E-state index contributed by atoms with van der Waals surface area (Å²) >= 11 is 3.30. The topological polar surface area (TPSA) is 52.0 Å². The van der Waals surface area contributed by atoms with Gasteiger partial charge >= 0.3 is 0 Å². The molecule has 15 heavy (non-hydrogen) atoms. The molecule has 1 aromatic heterocycles. The molecule has 0 fully saturated rings. The first-order valence-corrected chi connectivity index (χ1v) is 5.10. The van der Waals surface area contributed by atoms with Gasteiger partial charge in [-0.3, -0.25) is 0 Å². The minimum atomic E-state index is -0.333. The van der Waals surface area contributed by atoms with Crippen molar-refractivity contribution < 1.29 is 8.81 Å². The second-order valence-corrected chi connectivity index (χ2v) is 3.83. The zero-order valence-electron chi connectivity index (χ0n) is 7.71. The van der Waals surface area contributed by atoms with Crippen LogP contribution in [0.25, 0.3) is 11.5 Å². The molecule has 78 valence electrons. The fourth-order valence-corrected chi connectivity index (χ4v) is 1.60. The normalized spacial score (nSPS) is 10.6. The number of nitrogens with zero attached hydrogens (tertiary/aromatic N) is 1. The number of benzene rings is 1. The molecule has 0 saturated carbocycles. The van der Waals surface area contributed by atoms with Crippen molar-refractivity contribution in [3.05, 3.63) is 40.4 Å². The lowest BCUT2D eigenvalue weighted by Gasteiger charge is -1.98. The van der Waals surface area contributed by atoms with Gasteiger partial charge in [0.1, 0.15) is 12.1 Å². The summed E-state index contributed by atoms with van der Waals surface area (Å²) < 4.78 is 18.9. The summed E-state index contributed by atoms with van der Waals surface area (Å²) in [6.07, 6.45) is 1.46. The Bertz CT molecular complexity index is 484.